The van der Waals surface area contributed by atoms with Crippen molar-refractivity contribution in [2.24, 2.45) is 0 Å². The Morgan fingerprint density at radius 3 is 1.42 bits per heavy atom. The zero-order valence-corrected chi connectivity index (χ0v) is 18.4. The molecule has 8 nitrogen and oxygen atoms in total. The van der Waals surface area contributed by atoms with Crippen molar-refractivity contribution in [1.29, 1.82) is 0 Å². The summed E-state index contributed by atoms with van der Waals surface area (Å²) in [5.41, 5.74) is -0.368. The molecule has 0 saturated carbocycles. The molecule has 2 amide bonds. The molecule has 0 aromatic rings. The summed E-state index contributed by atoms with van der Waals surface area (Å²) in [7, 11) is 10.4. The Kier molecular flexibility index (Phi) is 15.2. The number of hydrogen-bond acceptors (Lipinski definition) is 8. The first-order valence-corrected chi connectivity index (χ1v) is 10.9. The molecule has 2 unspecified atom stereocenters. The third-order valence-electron chi connectivity index (χ3n) is 2.83. The molecule has 0 aromatic heterocycles. The predicted molar refractivity (Wildman–Crippen MR) is 109 cm³/mol. The van der Waals surface area contributed by atoms with Crippen LogP contribution in [0.25, 0.3) is 0 Å². The van der Waals surface area contributed by atoms with Crippen LogP contribution in [0.4, 0.5) is 0 Å². The van der Waals surface area contributed by atoms with E-state index in [1.165, 1.54) is 21.6 Å². The van der Waals surface area contributed by atoms with Gasteiger partial charge >= 0.3 is 0 Å². The van der Waals surface area contributed by atoms with Gasteiger partial charge in [0.2, 0.25) is 11.8 Å². The van der Waals surface area contributed by atoms with Gasteiger partial charge < -0.3 is 29.9 Å². The van der Waals surface area contributed by atoms with Crippen LogP contribution in [-0.4, -0.2) is 100 Å². The quantitative estimate of drug-likeness (QED) is 0.297. The highest BCUT2D eigenvalue weighted by atomic mass is 33.1. The van der Waals surface area contributed by atoms with Gasteiger partial charge in [0.25, 0.3) is 0 Å². The molecule has 154 valence electrons. The zero-order valence-electron chi connectivity index (χ0n) is 16.7. The van der Waals surface area contributed by atoms with Gasteiger partial charge in [-0.05, 0) is 42.0 Å². The highest BCUT2D eigenvalue weighted by molar-refractivity contribution is 8.77. The number of likely N-dealkylation sites (N-methyl/N-ethyl adjacent to an activating group) is 2. The molecule has 0 aromatic carbocycles. The van der Waals surface area contributed by atoms with Crippen LogP contribution in [-0.2, 0) is 19.1 Å². The Morgan fingerprint density at radius 2 is 1.15 bits per heavy atom. The molecule has 0 saturated heterocycles. The molecule has 0 rings (SSSR count). The number of nitrogens with one attached hydrogen (secondary N) is 2. The van der Waals surface area contributed by atoms with Crippen LogP contribution < -0.4 is 10.6 Å². The molecule has 0 radical (unpaired) electrons. The summed E-state index contributed by atoms with van der Waals surface area (Å²) in [6, 6.07) is 0. The summed E-state index contributed by atoms with van der Waals surface area (Å²) in [4.78, 5) is 27.2. The van der Waals surface area contributed by atoms with E-state index in [-0.39, 0.29) is 22.7 Å². The van der Waals surface area contributed by atoms with Gasteiger partial charge in [-0.1, -0.05) is 21.6 Å². The van der Waals surface area contributed by atoms with E-state index in [1.807, 2.05) is 51.8 Å². The highest BCUT2D eigenvalue weighted by Crippen LogP contribution is 2.32. The summed E-state index contributed by atoms with van der Waals surface area (Å²) < 4.78 is 11.3. The van der Waals surface area contributed by atoms with Crippen LogP contribution in [0, 0.1) is 0 Å². The Hall–Kier alpha value is -0.520. The average Bonchev–Trinajstić information content (AvgIpc) is 2.53. The predicted octanol–water partition coefficient (Wildman–Crippen LogP) is 0.449. The standard InChI is InChI=1S/C16H34N4O4S2/c1-7-23-15(9-17-13(21)11-19(3)4)25-26-16(24-8-2)10-18-14(22)12-20(5)6/h15-16H,7-12H2,1-6H3,(H,17,21)(H,18,22). The minimum atomic E-state index is -0.184. The lowest BCUT2D eigenvalue weighted by Gasteiger charge is -2.21. The van der Waals surface area contributed by atoms with Gasteiger partial charge in [0.15, 0.2) is 0 Å². The molecule has 2 atom stereocenters. The molecule has 10 heteroatoms. The molecule has 0 heterocycles. The van der Waals surface area contributed by atoms with E-state index in [4.69, 9.17) is 9.47 Å². The fourth-order valence-electron chi connectivity index (χ4n) is 1.82. The number of amides is 2. The Morgan fingerprint density at radius 1 is 0.808 bits per heavy atom. The Labute approximate surface area is 165 Å². The van der Waals surface area contributed by atoms with Crippen LogP contribution in [0.1, 0.15) is 13.8 Å². The highest BCUT2D eigenvalue weighted by Gasteiger charge is 2.17. The number of hydrogen-bond donors (Lipinski definition) is 2. The fourth-order valence-corrected chi connectivity index (χ4v) is 4.24. The van der Waals surface area contributed by atoms with Crippen LogP contribution in [0.15, 0.2) is 0 Å². The third kappa shape index (κ3) is 14.6. The second-order valence-electron chi connectivity index (χ2n) is 6.05. The summed E-state index contributed by atoms with van der Waals surface area (Å²) in [5, 5.41) is 5.74. The van der Waals surface area contributed by atoms with Gasteiger partial charge in [0.1, 0.15) is 10.9 Å². The Balaban J connectivity index is 4.35. The molecule has 2 N–H and O–H groups in total. The monoisotopic (exact) mass is 410 g/mol. The molecule has 0 fully saturated rings. The van der Waals surface area contributed by atoms with E-state index in [0.717, 1.165) is 0 Å². The average molecular weight is 411 g/mol. The maximum Gasteiger partial charge on any atom is 0.234 e. The number of carbonyl (C=O) groups excluding carboxylic acids is 2. The molecule has 0 spiro atoms. The minimum absolute atomic E-state index is 0.0392. The second-order valence-corrected chi connectivity index (χ2v) is 8.64. The van der Waals surface area contributed by atoms with Crippen LogP contribution in [0.5, 0.6) is 0 Å². The van der Waals surface area contributed by atoms with Crippen molar-refractivity contribution in [3.8, 4) is 0 Å². The Bertz CT molecular complexity index is 364. The van der Waals surface area contributed by atoms with Crippen LogP contribution >= 0.6 is 21.6 Å². The van der Waals surface area contributed by atoms with E-state index in [2.05, 4.69) is 10.6 Å². The van der Waals surface area contributed by atoms with Gasteiger partial charge in [0, 0.05) is 13.2 Å². The molecule has 0 aliphatic carbocycles. The van der Waals surface area contributed by atoms with Crippen molar-refractivity contribution in [2.45, 2.75) is 24.7 Å². The summed E-state index contributed by atoms with van der Waals surface area (Å²) in [6.07, 6.45) is 0. The molecule has 0 aliphatic heterocycles. The van der Waals surface area contributed by atoms with E-state index < -0.39 is 0 Å². The van der Waals surface area contributed by atoms with Crippen molar-refractivity contribution in [2.75, 3.05) is 67.6 Å². The molecule has 0 bridgehead atoms. The second kappa shape index (κ2) is 15.5. The van der Waals surface area contributed by atoms with Gasteiger partial charge in [0.05, 0.1) is 26.2 Å². The minimum Gasteiger partial charge on any atom is -0.365 e. The van der Waals surface area contributed by atoms with E-state index in [0.29, 0.717) is 39.4 Å². The number of ether oxygens (including phenoxy) is 2. The first kappa shape index (κ1) is 25.5. The van der Waals surface area contributed by atoms with Gasteiger partial charge in [-0.25, -0.2) is 0 Å². The van der Waals surface area contributed by atoms with Crippen molar-refractivity contribution in [3.05, 3.63) is 0 Å². The van der Waals surface area contributed by atoms with E-state index in [9.17, 15) is 9.59 Å². The van der Waals surface area contributed by atoms with Gasteiger partial charge in [-0.3, -0.25) is 9.59 Å². The van der Waals surface area contributed by atoms with Crippen LogP contribution in [0.2, 0.25) is 0 Å². The first-order chi connectivity index (χ1) is 12.3. The number of carbonyl (C=O) groups is 2. The fraction of sp³-hybridized carbons (Fsp3) is 0.875. The normalized spacial score (nSPS) is 13.7. The lowest BCUT2D eigenvalue weighted by molar-refractivity contribution is -0.122. The topological polar surface area (TPSA) is 83.1 Å². The van der Waals surface area contributed by atoms with E-state index >= 15 is 0 Å². The molecular weight excluding hydrogens is 376 g/mol. The first-order valence-electron chi connectivity index (χ1n) is 8.66. The smallest absolute Gasteiger partial charge is 0.234 e. The number of nitrogens with zero attached hydrogens (tertiary/aromatic N) is 2. The number of rotatable bonds is 15. The maximum absolute atomic E-state index is 11.8. The lowest BCUT2D eigenvalue weighted by atomic mass is 10.5. The molecular formula is C16H34N4O4S2. The summed E-state index contributed by atoms with van der Waals surface area (Å²) in [6.45, 7) is 6.48. The molecule has 26 heavy (non-hydrogen) atoms. The molecule has 0 aliphatic rings. The van der Waals surface area contributed by atoms with Crippen LogP contribution in [0.3, 0.4) is 0 Å². The lowest BCUT2D eigenvalue weighted by Crippen LogP contribution is -2.38. The third-order valence-corrected chi connectivity index (χ3v) is 5.59. The van der Waals surface area contributed by atoms with Gasteiger partial charge in [-0.15, -0.1) is 0 Å². The SMILES string of the molecule is CCOC(CNC(=O)CN(C)C)SSC(CNC(=O)CN(C)C)OCC. The van der Waals surface area contributed by atoms with Crippen molar-refractivity contribution < 1.29 is 19.1 Å². The van der Waals surface area contributed by atoms with Crippen molar-refractivity contribution in [3.63, 3.8) is 0 Å². The van der Waals surface area contributed by atoms with E-state index in [1.54, 1.807) is 0 Å². The largest absolute Gasteiger partial charge is 0.365 e. The maximum atomic E-state index is 11.8. The van der Waals surface area contributed by atoms with Gasteiger partial charge in [-0.2, -0.15) is 0 Å². The zero-order chi connectivity index (χ0) is 19.9. The van der Waals surface area contributed by atoms with Crippen molar-refractivity contribution in [1.82, 2.24) is 20.4 Å². The summed E-state index contributed by atoms with van der Waals surface area (Å²) >= 11 is 0. The summed E-state index contributed by atoms with van der Waals surface area (Å²) in [5.74, 6) is -0.0785. The van der Waals surface area contributed by atoms with Crippen molar-refractivity contribution >= 4 is 33.4 Å².